The molecule has 2 atom stereocenters. The predicted octanol–water partition coefficient (Wildman–Crippen LogP) is 3.06. The summed E-state index contributed by atoms with van der Waals surface area (Å²) in [6, 6.07) is 8.60. The van der Waals surface area contributed by atoms with Gasteiger partial charge in [-0.3, -0.25) is 0 Å². The fraction of sp³-hybridized carbons (Fsp3) is 0.571. The molecule has 0 aromatic heterocycles. The molecule has 2 rings (SSSR count). The van der Waals surface area contributed by atoms with Crippen molar-refractivity contribution < 1.29 is 9.47 Å². The summed E-state index contributed by atoms with van der Waals surface area (Å²) >= 11 is 0. The third kappa shape index (κ3) is 3.63. The smallest absolute Gasteiger partial charge is 0.121 e. The second-order valence-corrected chi connectivity index (χ2v) is 4.57. The van der Waals surface area contributed by atoms with E-state index in [1.807, 2.05) is 12.1 Å². The number of ether oxygens (including phenoxy) is 2. The van der Waals surface area contributed by atoms with E-state index in [9.17, 15) is 0 Å². The SMILES string of the molecule is CC[C@@H](C)Oc1cccc(N[C@H]2CCOC2)c1. The van der Waals surface area contributed by atoms with Crippen molar-refractivity contribution in [3.05, 3.63) is 24.3 Å². The van der Waals surface area contributed by atoms with Crippen molar-refractivity contribution in [2.24, 2.45) is 0 Å². The van der Waals surface area contributed by atoms with E-state index < -0.39 is 0 Å². The van der Waals surface area contributed by atoms with E-state index >= 15 is 0 Å². The Labute approximate surface area is 103 Å². The number of anilines is 1. The van der Waals surface area contributed by atoms with Gasteiger partial charge in [0.25, 0.3) is 0 Å². The standard InChI is InChI=1S/C14H21NO2/c1-3-11(2)17-14-6-4-5-12(9-14)15-13-7-8-16-10-13/h4-6,9,11,13,15H,3,7-8,10H2,1-2H3/t11-,13+/m1/s1. The highest BCUT2D eigenvalue weighted by Crippen LogP contribution is 2.21. The zero-order chi connectivity index (χ0) is 12.1. The molecule has 0 aliphatic carbocycles. The van der Waals surface area contributed by atoms with Gasteiger partial charge in [0.1, 0.15) is 5.75 Å². The second-order valence-electron chi connectivity index (χ2n) is 4.57. The highest BCUT2D eigenvalue weighted by atomic mass is 16.5. The maximum Gasteiger partial charge on any atom is 0.121 e. The number of benzene rings is 1. The molecule has 0 unspecified atom stereocenters. The molecule has 0 radical (unpaired) electrons. The van der Waals surface area contributed by atoms with E-state index in [0.717, 1.165) is 37.5 Å². The minimum absolute atomic E-state index is 0.264. The molecule has 0 saturated carbocycles. The highest BCUT2D eigenvalue weighted by molar-refractivity contribution is 5.49. The first-order valence-electron chi connectivity index (χ1n) is 6.39. The van der Waals surface area contributed by atoms with Gasteiger partial charge in [-0.2, -0.15) is 0 Å². The first-order valence-corrected chi connectivity index (χ1v) is 6.39. The zero-order valence-electron chi connectivity index (χ0n) is 10.6. The van der Waals surface area contributed by atoms with Crippen molar-refractivity contribution >= 4 is 5.69 Å². The Bertz CT molecular complexity index is 348. The fourth-order valence-electron chi connectivity index (χ4n) is 1.86. The van der Waals surface area contributed by atoms with Gasteiger partial charge in [-0.25, -0.2) is 0 Å². The molecular weight excluding hydrogens is 214 g/mol. The molecule has 94 valence electrons. The predicted molar refractivity (Wildman–Crippen MR) is 69.7 cm³/mol. The van der Waals surface area contributed by atoms with Gasteiger partial charge in [-0.05, 0) is 31.9 Å². The number of hydrogen-bond donors (Lipinski definition) is 1. The van der Waals surface area contributed by atoms with E-state index in [2.05, 4.69) is 31.3 Å². The fourth-order valence-corrected chi connectivity index (χ4v) is 1.86. The third-order valence-electron chi connectivity index (χ3n) is 3.05. The molecule has 1 aliphatic heterocycles. The van der Waals surface area contributed by atoms with Gasteiger partial charge in [0, 0.05) is 18.4 Å². The molecule has 0 amide bonds. The molecule has 1 fully saturated rings. The van der Waals surface area contributed by atoms with Gasteiger partial charge in [0.2, 0.25) is 0 Å². The van der Waals surface area contributed by atoms with E-state index in [0.29, 0.717) is 6.04 Å². The van der Waals surface area contributed by atoms with Crippen molar-refractivity contribution in [2.45, 2.75) is 38.8 Å². The number of hydrogen-bond acceptors (Lipinski definition) is 3. The average Bonchev–Trinajstić information content (AvgIpc) is 2.82. The summed E-state index contributed by atoms with van der Waals surface area (Å²) in [4.78, 5) is 0. The van der Waals surface area contributed by atoms with Crippen LogP contribution >= 0.6 is 0 Å². The summed E-state index contributed by atoms with van der Waals surface area (Å²) < 4.78 is 11.1. The second kappa shape index (κ2) is 5.92. The van der Waals surface area contributed by atoms with Crippen molar-refractivity contribution in [1.82, 2.24) is 0 Å². The van der Waals surface area contributed by atoms with Crippen LogP contribution in [0.2, 0.25) is 0 Å². The van der Waals surface area contributed by atoms with Gasteiger partial charge in [0.05, 0.1) is 18.8 Å². The van der Waals surface area contributed by atoms with Crippen molar-refractivity contribution in [1.29, 1.82) is 0 Å². The Morgan fingerprint density at radius 2 is 2.41 bits per heavy atom. The van der Waals surface area contributed by atoms with Crippen LogP contribution in [0.25, 0.3) is 0 Å². The molecule has 1 aliphatic rings. The monoisotopic (exact) mass is 235 g/mol. The topological polar surface area (TPSA) is 30.5 Å². The van der Waals surface area contributed by atoms with E-state index in [4.69, 9.17) is 9.47 Å². The van der Waals surface area contributed by atoms with E-state index in [-0.39, 0.29) is 6.10 Å². The Hall–Kier alpha value is -1.22. The summed E-state index contributed by atoms with van der Waals surface area (Å²) in [6.07, 6.45) is 2.37. The maximum absolute atomic E-state index is 5.80. The van der Waals surface area contributed by atoms with Crippen molar-refractivity contribution in [2.75, 3.05) is 18.5 Å². The molecule has 0 bridgehead atoms. The van der Waals surface area contributed by atoms with Gasteiger partial charge in [0.15, 0.2) is 0 Å². The largest absolute Gasteiger partial charge is 0.491 e. The summed E-state index contributed by atoms with van der Waals surface area (Å²) in [5.41, 5.74) is 1.11. The lowest BCUT2D eigenvalue weighted by atomic mass is 10.2. The quantitative estimate of drug-likeness (QED) is 0.850. The molecule has 17 heavy (non-hydrogen) atoms. The summed E-state index contributed by atoms with van der Waals surface area (Å²) in [5.74, 6) is 0.934. The summed E-state index contributed by atoms with van der Waals surface area (Å²) in [5, 5.41) is 3.47. The van der Waals surface area contributed by atoms with Gasteiger partial charge >= 0.3 is 0 Å². The molecular formula is C14H21NO2. The van der Waals surface area contributed by atoms with E-state index in [1.165, 1.54) is 0 Å². The molecule has 1 heterocycles. The summed E-state index contributed by atoms with van der Waals surface area (Å²) in [7, 11) is 0. The number of nitrogens with one attached hydrogen (secondary N) is 1. The van der Waals surface area contributed by atoms with Crippen LogP contribution in [0.5, 0.6) is 5.75 Å². The normalized spacial score (nSPS) is 21.2. The summed E-state index contributed by atoms with van der Waals surface area (Å²) in [6.45, 7) is 5.88. The molecule has 1 N–H and O–H groups in total. The van der Waals surface area contributed by atoms with Crippen LogP contribution in [0, 0.1) is 0 Å². The van der Waals surface area contributed by atoms with Crippen LogP contribution in [0.1, 0.15) is 26.7 Å². The van der Waals surface area contributed by atoms with E-state index in [1.54, 1.807) is 0 Å². The Kier molecular flexibility index (Phi) is 4.26. The van der Waals surface area contributed by atoms with Gasteiger partial charge in [-0.15, -0.1) is 0 Å². The van der Waals surface area contributed by atoms with Crippen molar-refractivity contribution in [3.8, 4) is 5.75 Å². The molecule has 1 aromatic rings. The van der Waals surface area contributed by atoms with Gasteiger partial charge in [-0.1, -0.05) is 13.0 Å². The molecule has 3 heteroatoms. The van der Waals surface area contributed by atoms with Gasteiger partial charge < -0.3 is 14.8 Å². The van der Waals surface area contributed by atoms with Crippen LogP contribution in [0.4, 0.5) is 5.69 Å². The lowest BCUT2D eigenvalue weighted by molar-refractivity contribution is 0.195. The first-order chi connectivity index (χ1) is 8.28. The molecule has 1 saturated heterocycles. The zero-order valence-corrected chi connectivity index (χ0v) is 10.6. The minimum atomic E-state index is 0.264. The first kappa shape index (κ1) is 12.2. The molecule has 0 spiro atoms. The van der Waals surface area contributed by atoms with Crippen LogP contribution in [0.15, 0.2) is 24.3 Å². The lowest BCUT2D eigenvalue weighted by Gasteiger charge is -2.16. The lowest BCUT2D eigenvalue weighted by Crippen LogP contribution is -2.18. The Morgan fingerprint density at radius 3 is 3.12 bits per heavy atom. The number of rotatable bonds is 5. The Morgan fingerprint density at radius 1 is 1.53 bits per heavy atom. The Balaban J connectivity index is 1.95. The third-order valence-corrected chi connectivity index (χ3v) is 3.05. The maximum atomic E-state index is 5.80. The minimum Gasteiger partial charge on any atom is -0.491 e. The highest BCUT2D eigenvalue weighted by Gasteiger charge is 2.15. The van der Waals surface area contributed by atoms with Crippen LogP contribution < -0.4 is 10.1 Å². The molecule has 1 aromatic carbocycles. The van der Waals surface area contributed by atoms with Crippen LogP contribution in [-0.4, -0.2) is 25.4 Å². The average molecular weight is 235 g/mol. The van der Waals surface area contributed by atoms with Crippen molar-refractivity contribution in [3.63, 3.8) is 0 Å². The molecule has 3 nitrogen and oxygen atoms in total. The van der Waals surface area contributed by atoms with Crippen LogP contribution in [-0.2, 0) is 4.74 Å². The van der Waals surface area contributed by atoms with Crippen LogP contribution in [0.3, 0.4) is 0 Å².